The van der Waals surface area contributed by atoms with Crippen LogP contribution in [0.4, 0.5) is 0 Å². The molecule has 1 rings (SSSR count). The first-order valence-electron chi connectivity index (χ1n) is 6.70. The first-order valence-corrected chi connectivity index (χ1v) is 6.70. The number of nitrogens with two attached hydrogens (primary N) is 1. The first-order chi connectivity index (χ1) is 8.18. The van der Waals surface area contributed by atoms with Crippen LogP contribution in [-0.4, -0.2) is 25.2 Å². The van der Waals surface area contributed by atoms with E-state index in [0.717, 1.165) is 13.0 Å². The average molecular weight is 238 g/mol. The summed E-state index contributed by atoms with van der Waals surface area (Å²) in [6, 6.07) is 11.8. The van der Waals surface area contributed by atoms with Crippen molar-refractivity contribution in [2.24, 2.45) is 0 Å². The van der Waals surface area contributed by atoms with Crippen molar-refractivity contribution in [3.63, 3.8) is 0 Å². The Morgan fingerprint density at radius 2 is 1.82 bits per heavy atom. The topological polar surface area (TPSA) is 71.9 Å². The Balaban J connectivity index is 2.07. The normalized spacial score (nSPS) is 14.5. The second kappa shape index (κ2) is 8.23. The Bertz CT molecular complexity index is 285. The quantitative estimate of drug-likeness (QED) is 0.477. The largest absolute Gasteiger partial charge is 0.355 e. The second-order valence-corrected chi connectivity index (χ2v) is 5.10. The van der Waals surface area contributed by atoms with Crippen LogP contribution in [0.1, 0.15) is 25.3 Å². The smallest absolute Gasteiger partial charge is 0.134 e. The second-order valence-electron chi connectivity index (χ2n) is 5.10. The fraction of sp³-hybridized carbons (Fsp3) is 0.571. The molecule has 2 atom stereocenters. The predicted molar refractivity (Wildman–Crippen MR) is 70.1 cm³/mol. The van der Waals surface area contributed by atoms with Crippen molar-refractivity contribution in [1.29, 1.82) is 0 Å². The summed E-state index contributed by atoms with van der Waals surface area (Å²) in [5, 5.41) is 2.38. The van der Waals surface area contributed by atoms with Gasteiger partial charge >= 0.3 is 0 Å². The molecule has 96 valence electrons. The van der Waals surface area contributed by atoms with Crippen LogP contribution in [0.15, 0.2) is 30.3 Å². The van der Waals surface area contributed by atoms with E-state index in [-0.39, 0.29) is 0 Å². The van der Waals surface area contributed by atoms with E-state index >= 15 is 0 Å². The molecule has 0 saturated carbocycles. The van der Waals surface area contributed by atoms with E-state index in [1.54, 1.807) is 0 Å². The minimum atomic E-state index is 0.551. The fourth-order valence-electron chi connectivity index (χ4n) is 1.89. The highest BCUT2D eigenvalue weighted by molar-refractivity contribution is 5.14. The zero-order valence-corrected chi connectivity index (χ0v) is 11.1. The van der Waals surface area contributed by atoms with Gasteiger partial charge in [-0.1, -0.05) is 30.3 Å². The zero-order chi connectivity index (χ0) is 12.5. The molecule has 3 heteroatoms. The van der Waals surface area contributed by atoms with Crippen LogP contribution >= 0.6 is 0 Å². The van der Waals surface area contributed by atoms with Gasteiger partial charge in [0, 0.05) is 12.8 Å². The van der Waals surface area contributed by atoms with Gasteiger partial charge < -0.3 is 16.8 Å². The van der Waals surface area contributed by atoms with E-state index in [9.17, 15) is 0 Å². The van der Waals surface area contributed by atoms with Crippen molar-refractivity contribution in [2.45, 2.75) is 38.3 Å². The van der Waals surface area contributed by atoms with Crippen LogP contribution in [-0.2, 0) is 6.42 Å². The maximum Gasteiger partial charge on any atom is 0.134 e. The summed E-state index contributed by atoms with van der Waals surface area (Å²) in [6.45, 7) is 4.49. The van der Waals surface area contributed by atoms with Gasteiger partial charge in [-0.15, -0.1) is 0 Å². The summed E-state index contributed by atoms with van der Waals surface area (Å²) in [4.78, 5) is 0. The molecule has 0 spiro atoms. The van der Waals surface area contributed by atoms with Crippen molar-refractivity contribution in [2.75, 3.05) is 13.1 Å². The molecule has 17 heavy (non-hydrogen) atoms. The molecule has 0 unspecified atom stereocenters. The lowest BCUT2D eigenvalue weighted by Gasteiger charge is -2.08. The fourth-order valence-corrected chi connectivity index (χ4v) is 1.89. The van der Waals surface area contributed by atoms with E-state index in [4.69, 9.17) is 0 Å². The molecule has 0 radical (unpaired) electrons. The molecule has 8 N–H and O–H groups in total. The van der Waals surface area contributed by atoms with Crippen molar-refractivity contribution in [3.05, 3.63) is 35.9 Å². The molecule has 0 amide bonds. The molecule has 0 bridgehead atoms. The van der Waals surface area contributed by atoms with Gasteiger partial charge in [-0.3, -0.25) is 0 Å². The molecule has 0 aliphatic heterocycles. The molecule has 0 heterocycles. The molecule has 0 fully saturated rings. The Kier molecular flexibility index (Phi) is 6.86. The van der Waals surface area contributed by atoms with Crippen LogP contribution in [0.2, 0.25) is 0 Å². The Labute approximate surface area is 105 Å². The third kappa shape index (κ3) is 7.10. The third-order valence-electron chi connectivity index (χ3n) is 3.05. The van der Waals surface area contributed by atoms with Crippen LogP contribution in [0.5, 0.6) is 0 Å². The van der Waals surface area contributed by atoms with E-state index in [2.05, 4.69) is 54.0 Å². The number of quaternary nitrogens is 3. The standard InChI is InChI=1S/C14H25N3/c1-12(15)9-10-17-11-14(16)8-7-13-5-3-2-4-6-13/h2-6,12,14,17H,7-11,15-16H2,1H3/p+3/t12-,14+/m1/s1. The van der Waals surface area contributed by atoms with Crippen molar-refractivity contribution in [3.8, 4) is 0 Å². The van der Waals surface area contributed by atoms with Crippen LogP contribution in [0.3, 0.4) is 0 Å². The summed E-state index contributed by atoms with van der Waals surface area (Å²) >= 11 is 0. The Hall–Kier alpha value is -0.900. The van der Waals surface area contributed by atoms with Gasteiger partial charge in [-0.25, -0.2) is 0 Å². The van der Waals surface area contributed by atoms with E-state index in [0.29, 0.717) is 12.1 Å². The monoisotopic (exact) mass is 238 g/mol. The van der Waals surface area contributed by atoms with Crippen LogP contribution < -0.4 is 16.8 Å². The highest BCUT2D eigenvalue weighted by atomic mass is 14.9. The van der Waals surface area contributed by atoms with Crippen molar-refractivity contribution < 1.29 is 16.8 Å². The van der Waals surface area contributed by atoms with Crippen LogP contribution in [0.25, 0.3) is 0 Å². The lowest BCUT2D eigenvalue weighted by Crippen LogP contribution is -2.91. The van der Waals surface area contributed by atoms with Gasteiger partial charge in [0.1, 0.15) is 12.6 Å². The summed E-state index contributed by atoms with van der Waals surface area (Å²) in [5.41, 5.74) is 9.64. The molecule has 1 aromatic carbocycles. The van der Waals surface area contributed by atoms with Gasteiger partial charge in [0.25, 0.3) is 0 Å². The van der Waals surface area contributed by atoms with Crippen molar-refractivity contribution >= 4 is 0 Å². The van der Waals surface area contributed by atoms with Gasteiger partial charge in [0.2, 0.25) is 0 Å². The summed E-state index contributed by atoms with van der Waals surface area (Å²) in [6.07, 6.45) is 3.53. The minimum Gasteiger partial charge on any atom is -0.355 e. The molecule has 0 saturated heterocycles. The van der Waals surface area contributed by atoms with Crippen molar-refractivity contribution in [1.82, 2.24) is 0 Å². The van der Waals surface area contributed by atoms with Gasteiger partial charge in [0.15, 0.2) is 0 Å². The summed E-state index contributed by atoms with van der Waals surface area (Å²) in [5.74, 6) is 0. The molecule has 1 aromatic rings. The molecular formula is C14H28N3+3. The molecule has 0 aliphatic rings. The Morgan fingerprint density at radius 3 is 2.47 bits per heavy atom. The van der Waals surface area contributed by atoms with Crippen LogP contribution in [0, 0.1) is 0 Å². The molecular weight excluding hydrogens is 210 g/mol. The average Bonchev–Trinajstić information content (AvgIpc) is 2.33. The number of hydrogen-bond acceptors (Lipinski definition) is 0. The molecule has 0 aromatic heterocycles. The lowest BCUT2D eigenvalue weighted by molar-refractivity contribution is -0.683. The third-order valence-corrected chi connectivity index (χ3v) is 3.05. The number of aryl methyl sites for hydroxylation is 1. The number of rotatable bonds is 8. The molecule has 0 aliphatic carbocycles. The lowest BCUT2D eigenvalue weighted by atomic mass is 10.1. The number of hydrogen-bond donors (Lipinski definition) is 3. The SMILES string of the molecule is C[C@@H]([NH3+])CC[NH2+]C[C@@H]([NH3+])CCc1ccccc1. The van der Waals surface area contributed by atoms with Gasteiger partial charge in [0.05, 0.1) is 12.6 Å². The van der Waals surface area contributed by atoms with Gasteiger partial charge in [-0.05, 0) is 18.9 Å². The first kappa shape index (κ1) is 14.2. The summed E-state index contributed by atoms with van der Waals surface area (Å²) in [7, 11) is 0. The summed E-state index contributed by atoms with van der Waals surface area (Å²) < 4.78 is 0. The maximum absolute atomic E-state index is 4.22. The van der Waals surface area contributed by atoms with E-state index < -0.39 is 0 Å². The Morgan fingerprint density at radius 1 is 1.12 bits per heavy atom. The van der Waals surface area contributed by atoms with E-state index in [1.807, 2.05) is 0 Å². The molecule has 3 nitrogen and oxygen atoms in total. The van der Waals surface area contributed by atoms with E-state index in [1.165, 1.54) is 24.9 Å². The highest BCUT2D eigenvalue weighted by Gasteiger charge is 2.09. The number of benzene rings is 1. The predicted octanol–water partition coefficient (Wildman–Crippen LogP) is -1.19. The maximum atomic E-state index is 4.22. The highest BCUT2D eigenvalue weighted by Crippen LogP contribution is 2.02. The van der Waals surface area contributed by atoms with Gasteiger partial charge in [-0.2, -0.15) is 0 Å². The zero-order valence-electron chi connectivity index (χ0n) is 11.1. The minimum absolute atomic E-state index is 0.551.